The zero-order valence-corrected chi connectivity index (χ0v) is 27.0. The maximum atomic E-state index is 12.9. The Hall–Kier alpha value is -3.49. The van der Waals surface area contributed by atoms with Gasteiger partial charge in [0.2, 0.25) is 12.3 Å². The number of alkyl halides is 4. The van der Waals surface area contributed by atoms with Gasteiger partial charge in [0.05, 0.1) is 0 Å². The number of carbonyl (C=O) groups is 2. The van der Waals surface area contributed by atoms with Gasteiger partial charge in [0.25, 0.3) is 0 Å². The van der Waals surface area contributed by atoms with E-state index in [1.807, 2.05) is 43.9 Å². The highest BCUT2D eigenvalue weighted by atomic mass is 19.4. The monoisotopic (exact) mass is 626 g/mol. The molecule has 2 aromatic carbocycles. The number of allylic oxidation sites excluding steroid dienone is 3. The lowest BCUT2D eigenvalue weighted by molar-refractivity contribution is -0.132. The number of likely N-dealkylation sites (tertiary alicyclic amines) is 1. The van der Waals surface area contributed by atoms with E-state index in [0.29, 0.717) is 12.8 Å². The molecule has 1 fully saturated rings. The minimum atomic E-state index is -4.00. The first-order valence-corrected chi connectivity index (χ1v) is 14.9. The molecule has 0 spiro atoms. The third-order valence-corrected chi connectivity index (χ3v) is 6.70. The summed E-state index contributed by atoms with van der Waals surface area (Å²) in [5.41, 5.74) is 6.70. The molecule has 2 amide bonds. The first-order chi connectivity index (χ1) is 20.7. The third-order valence-electron chi connectivity index (χ3n) is 6.70. The number of hydrogen-bond donors (Lipinski definition) is 1. The third kappa shape index (κ3) is 20.4. The van der Waals surface area contributed by atoms with E-state index in [2.05, 4.69) is 43.5 Å². The van der Waals surface area contributed by atoms with Crippen LogP contribution in [0.2, 0.25) is 0 Å². The van der Waals surface area contributed by atoms with Crippen LogP contribution in [-0.4, -0.2) is 42.7 Å². The van der Waals surface area contributed by atoms with Crippen molar-refractivity contribution >= 4 is 12.3 Å². The summed E-state index contributed by atoms with van der Waals surface area (Å²) < 4.78 is 56.6. The molecule has 44 heavy (non-hydrogen) atoms. The number of carbonyl (C=O) groups excluding carboxylic acids is 2. The lowest BCUT2D eigenvalue weighted by Gasteiger charge is -2.40. The van der Waals surface area contributed by atoms with Gasteiger partial charge >= 0.3 is 6.18 Å². The molecule has 9 heteroatoms. The molecule has 1 heterocycles. The second-order valence-electron chi connectivity index (χ2n) is 10.2. The minimum absolute atomic E-state index is 0.0162. The van der Waals surface area contributed by atoms with Crippen molar-refractivity contribution in [2.24, 2.45) is 11.7 Å². The summed E-state index contributed by atoms with van der Waals surface area (Å²) in [5.74, 6) is -0.0155. The fraction of sp³-hybridized carbons (Fsp3) is 0.486. The van der Waals surface area contributed by atoms with Gasteiger partial charge in [-0.2, -0.15) is 13.2 Å². The van der Waals surface area contributed by atoms with E-state index in [1.54, 1.807) is 25.1 Å². The molecule has 4 nitrogen and oxygen atoms in total. The van der Waals surface area contributed by atoms with Crippen LogP contribution >= 0.6 is 0 Å². The molecule has 3 rings (SSSR count). The molecule has 0 bridgehead atoms. The lowest BCUT2D eigenvalue weighted by atomic mass is 9.74. The van der Waals surface area contributed by atoms with Crippen molar-refractivity contribution in [3.8, 4) is 0 Å². The highest BCUT2D eigenvalue weighted by Gasteiger charge is 2.32. The Kier molecular flexibility index (Phi) is 23.2. The number of nitrogens with two attached hydrogens (primary N) is 1. The van der Waals surface area contributed by atoms with E-state index in [-0.39, 0.29) is 36.4 Å². The number of piperidine rings is 1. The molecule has 248 valence electrons. The number of halogens is 5. The smallest absolute Gasteiger partial charge is 0.372 e. The van der Waals surface area contributed by atoms with E-state index in [1.165, 1.54) is 17.7 Å². The summed E-state index contributed by atoms with van der Waals surface area (Å²) in [7, 11) is 0. The van der Waals surface area contributed by atoms with Crippen molar-refractivity contribution in [1.29, 1.82) is 0 Å². The SMILES string of the molecule is C=CCC(/C=C/C)C(C)F.CC.CC(F)(F)F.CC1(c2ccccc2)CCN(C(=O)CCc2ccc(F)cc2)CC1.NC=O. The minimum Gasteiger partial charge on any atom is -0.372 e. The Bertz CT molecular complexity index is 1040. The summed E-state index contributed by atoms with van der Waals surface area (Å²) in [5, 5.41) is 0. The maximum Gasteiger partial charge on any atom is 0.386 e. The van der Waals surface area contributed by atoms with E-state index in [0.717, 1.165) is 37.9 Å². The van der Waals surface area contributed by atoms with Crippen LogP contribution < -0.4 is 5.73 Å². The van der Waals surface area contributed by atoms with Crippen LogP contribution in [0.4, 0.5) is 22.0 Å². The van der Waals surface area contributed by atoms with Crippen LogP contribution in [0.1, 0.15) is 78.4 Å². The van der Waals surface area contributed by atoms with Gasteiger partial charge in [0.15, 0.2) is 0 Å². The predicted octanol–water partition coefficient (Wildman–Crippen LogP) is 9.15. The van der Waals surface area contributed by atoms with Crippen molar-refractivity contribution in [2.75, 3.05) is 13.1 Å². The molecule has 2 unspecified atom stereocenters. The van der Waals surface area contributed by atoms with Crippen molar-refractivity contribution in [3.63, 3.8) is 0 Å². The van der Waals surface area contributed by atoms with E-state index in [9.17, 15) is 26.7 Å². The summed E-state index contributed by atoms with van der Waals surface area (Å²) in [6.45, 7) is 15.2. The van der Waals surface area contributed by atoms with Gasteiger partial charge in [-0.25, -0.2) is 8.78 Å². The molecule has 1 aliphatic heterocycles. The highest BCUT2D eigenvalue weighted by molar-refractivity contribution is 5.76. The van der Waals surface area contributed by atoms with Gasteiger partial charge in [-0.3, -0.25) is 9.59 Å². The zero-order chi connectivity index (χ0) is 34.2. The molecular formula is C35H51F5N2O2. The predicted molar refractivity (Wildman–Crippen MR) is 171 cm³/mol. The van der Waals surface area contributed by atoms with Crippen molar-refractivity contribution in [3.05, 3.63) is 96.3 Å². The summed E-state index contributed by atoms with van der Waals surface area (Å²) in [4.78, 5) is 23.0. The number of rotatable bonds is 8. The molecule has 1 aliphatic rings. The van der Waals surface area contributed by atoms with Crippen LogP contribution in [0.5, 0.6) is 0 Å². The maximum absolute atomic E-state index is 12.9. The van der Waals surface area contributed by atoms with Crippen LogP contribution in [0.15, 0.2) is 79.4 Å². The van der Waals surface area contributed by atoms with Gasteiger partial charge < -0.3 is 10.6 Å². The zero-order valence-electron chi connectivity index (χ0n) is 27.0. The van der Waals surface area contributed by atoms with Crippen molar-refractivity contribution < 1.29 is 31.5 Å². The molecular weight excluding hydrogens is 575 g/mol. The van der Waals surface area contributed by atoms with Crippen LogP contribution in [0, 0.1) is 11.7 Å². The molecule has 0 saturated carbocycles. The molecule has 2 aromatic rings. The standard InChI is InChI=1S/C21H24FNO.C9H15F.C2H3F3.C2H6.CH3NO/c1-21(18-5-3-2-4-6-18)13-15-23(16-14-21)20(24)12-9-17-7-10-19(22)11-8-17;1-4-6-9(7-5-2)8(3)10;1-2(3,4)5;1-2;2-1-3/h2-8,10-11H,9,12-16H2,1H3;4-5,7-9H,1,6H2,2-3H3;1H3;1-2H3;1H,(H2,2,3)/b;7-5+;;;. The Morgan fingerprint density at radius 1 is 1.07 bits per heavy atom. The number of benzene rings is 2. The van der Waals surface area contributed by atoms with Crippen LogP contribution in [0.25, 0.3) is 0 Å². The van der Waals surface area contributed by atoms with E-state index in [4.69, 9.17) is 4.79 Å². The normalized spacial score (nSPS) is 14.8. The summed E-state index contributed by atoms with van der Waals surface area (Å²) in [6, 6.07) is 17.0. The molecule has 0 aliphatic carbocycles. The Morgan fingerprint density at radius 3 is 1.95 bits per heavy atom. The summed E-state index contributed by atoms with van der Waals surface area (Å²) in [6.07, 6.45) is 4.88. The molecule has 2 atom stereocenters. The average Bonchev–Trinajstić information content (AvgIpc) is 2.98. The Morgan fingerprint density at radius 2 is 1.55 bits per heavy atom. The Labute approximate surface area is 261 Å². The molecule has 2 N–H and O–H groups in total. The average molecular weight is 627 g/mol. The van der Waals surface area contributed by atoms with Crippen molar-refractivity contribution in [1.82, 2.24) is 4.90 Å². The molecule has 0 radical (unpaired) electrons. The number of nitrogens with zero attached hydrogens (tertiary/aromatic N) is 1. The fourth-order valence-electron chi connectivity index (χ4n) is 4.30. The quantitative estimate of drug-likeness (QED) is 0.180. The van der Waals surface area contributed by atoms with E-state index < -0.39 is 12.3 Å². The fourth-order valence-corrected chi connectivity index (χ4v) is 4.30. The summed E-state index contributed by atoms with van der Waals surface area (Å²) >= 11 is 0. The highest BCUT2D eigenvalue weighted by Crippen LogP contribution is 2.35. The van der Waals surface area contributed by atoms with Gasteiger partial charge in [-0.05, 0) is 68.2 Å². The van der Waals surface area contributed by atoms with Gasteiger partial charge in [0, 0.05) is 32.4 Å². The molecule has 0 aromatic heterocycles. The first kappa shape index (κ1) is 42.6. The van der Waals surface area contributed by atoms with Crippen LogP contribution in [0.3, 0.4) is 0 Å². The first-order valence-electron chi connectivity index (χ1n) is 14.9. The Balaban J connectivity index is 0. The topological polar surface area (TPSA) is 63.4 Å². The number of aryl methyl sites for hydroxylation is 1. The second kappa shape index (κ2) is 23.9. The van der Waals surface area contributed by atoms with Gasteiger partial charge in [-0.15, -0.1) is 6.58 Å². The van der Waals surface area contributed by atoms with Gasteiger partial charge in [-0.1, -0.05) is 81.5 Å². The molecule has 1 saturated heterocycles. The number of hydrogen-bond acceptors (Lipinski definition) is 2. The van der Waals surface area contributed by atoms with Crippen LogP contribution in [-0.2, 0) is 21.4 Å². The largest absolute Gasteiger partial charge is 0.386 e. The van der Waals surface area contributed by atoms with Crippen molar-refractivity contribution in [2.45, 2.75) is 91.4 Å². The van der Waals surface area contributed by atoms with E-state index >= 15 is 0 Å². The lowest BCUT2D eigenvalue weighted by Crippen LogP contribution is -2.44. The number of amides is 2. The second-order valence-corrected chi connectivity index (χ2v) is 10.2. The van der Waals surface area contributed by atoms with Gasteiger partial charge in [0.1, 0.15) is 12.0 Å². The number of primary amides is 1.